The third kappa shape index (κ3) is 3.39. The van der Waals surface area contributed by atoms with Gasteiger partial charge in [-0.1, -0.05) is 0 Å². The van der Waals surface area contributed by atoms with Gasteiger partial charge in [0.2, 0.25) is 0 Å². The van der Waals surface area contributed by atoms with Crippen LogP contribution in [0.4, 0.5) is 5.82 Å². The van der Waals surface area contributed by atoms with E-state index in [9.17, 15) is 0 Å². The van der Waals surface area contributed by atoms with E-state index in [2.05, 4.69) is 28.7 Å². The van der Waals surface area contributed by atoms with Gasteiger partial charge in [0.1, 0.15) is 5.82 Å². The second-order valence-electron chi connectivity index (χ2n) is 4.01. The van der Waals surface area contributed by atoms with Crippen molar-refractivity contribution in [2.75, 3.05) is 24.8 Å². The summed E-state index contributed by atoms with van der Waals surface area (Å²) in [6.45, 7) is 1.73. The number of rotatable bonds is 4. The molecule has 3 nitrogen and oxygen atoms in total. The van der Waals surface area contributed by atoms with E-state index < -0.39 is 0 Å². The fourth-order valence-corrected chi connectivity index (χ4v) is 2.37. The minimum atomic E-state index is 0.519. The number of nitrogens with zero attached hydrogens (tertiary/aromatic N) is 1. The van der Waals surface area contributed by atoms with Crippen LogP contribution in [-0.4, -0.2) is 30.5 Å². The predicted molar refractivity (Wildman–Crippen MR) is 68.9 cm³/mol. The zero-order valence-electron chi connectivity index (χ0n) is 9.61. The number of nitrogens with one attached hydrogen (secondary N) is 1. The second kappa shape index (κ2) is 6.11. The molecule has 0 unspecified atom stereocenters. The Morgan fingerprint density at radius 1 is 1.50 bits per heavy atom. The van der Waals surface area contributed by atoms with Gasteiger partial charge in [-0.15, -0.1) is 0 Å². The molecule has 0 spiro atoms. The first-order valence-corrected chi connectivity index (χ1v) is 7.06. The van der Waals surface area contributed by atoms with Crippen molar-refractivity contribution in [1.29, 1.82) is 0 Å². The summed E-state index contributed by atoms with van der Waals surface area (Å²) in [4.78, 5) is 4.35. The summed E-state index contributed by atoms with van der Waals surface area (Å²) in [6.07, 6.45) is 6.15. The standard InChI is InChI=1S/C12H18N2OS/c1-16-9-10-2-5-13-12(8-10)14-11-3-6-15-7-4-11/h2,5,8,11H,3-4,6-7,9H2,1H3,(H,13,14). The van der Waals surface area contributed by atoms with E-state index >= 15 is 0 Å². The molecule has 1 aliphatic rings. The molecule has 1 aliphatic heterocycles. The van der Waals surface area contributed by atoms with Crippen LogP contribution in [0.1, 0.15) is 18.4 Å². The molecule has 1 saturated heterocycles. The Morgan fingerprint density at radius 2 is 2.31 bits per heavy atom. The highest BCUT2D eigenvalue weighted by molar-refractivity contribution is 7.97. The summed E-state index contributed by atoms with van der Waals surface area (Å²) in [5.74, 6) is 2.05. The molecule has 16 heavy (non-hydrogen) atoms. The highest BCUT2D eigenvalue weighted by Gasteiger charge is 2.13. The van der Waals surface area contributed by atoms with Crippen molar-refractivity contribution in [1.82, 2.24) is 4.98 Å². The Hall–Kier alpha value is -0.740. The van der Waals surface area contributed by atoms with Crippen LogP contribution >= 0.6 is 11.8 Å². The van der Waals surface area contributed by atoms with E-state index in [1.807, 2.05) is 18.0 Å². The summed E-state index contributed by atoms with van der Waals surface area (Å²) >= 11 is 1.83. The average molecular weight is 238 g/mol. The van der Waals surface area contributed by atoms with Crippen LogP contribution in [0.3, 0.4) is 0 Å². The third-order valence-electron chi connectivity index (χ3n) is 2.71. The van der Waals surface area contributed by atoms with Crippen LogP contribution in [-0.2, 0) is 10.5 Å². The van der Waals surface area contributed by atoms with E-state index in [0.717, 1.165) is 37.6 Å². The molecule has 1 aromatic rings. The molecule has 88 valence electrons. The van der Waals surface area contributed by atoms with Crippen LogP contribution in [0.15, 0.2) is 18.3 Å². The fourth-order valence-electron chi connectivity index (χ4n) is 1.86. The van der Waals surface area contributed by atoms with Crippen molar-refractivity contribution in [3.63, 3.8) is 0 Å². The molecule has 1 N–H and O–H groups in total. The molecule has 0 radical (unpaired) electrons. The summed E-state index contributed by atoms with van der Waals surface area (Å²) in [5.41, 5.74) is 1.33. The lowest BCUT2D eigenvalue weighted by Crippen LogP contribution is -2.28. The highest BCUT2D eigenvalue weighted by Crippen LogP contribution is 2.16. The highest BCUT2D eigenvalue weighted by atomic mass is 32.2. The van der Waals surface area contributed by atoms with Crippen LogP contribution in [0.5, 0.6) is 0 Å². The molecule has 0 atom stereocenters. The number of hydrogen-bond donors (Lipinski definition) is 1. The van der Waals surface area contributed by atoms with Gasteiger partial charge in [-0.25, -0.2) is 4.98 Å². The fraction of sp³-hybridized carbons (Fsp3) is 0.583. The van der Waals surface area contributed by atoms with Crippen molar-refractivity contribution in [2.45, 2.75) is 24.6 Å². The van der Waals surface area contributed by atoms with Crippen molar-refractivity contribution >= 4 is 17.6 Å². The number of pyridine rings is 1. The van der Waals surface area contributed by atoms with Crippen molar-refractivity contribution in [2.24, 2.45) is 0 Å². The maximum atomic E-state index is 5.34. The van der Waals surface area contributed by atoms with Crippen LogP contribution in [0, 0.1) is 0 Å². The molecule has 0 amide bonds. The van der Waals surface area contributed by atoms with Gasteiger partial charge in [0.15, 0.2) is 0 Å². The number of anilines is 1. The third-order valence-corrected chi connectivity index (χ3v) is 3.33. The SMILES string of the molecule is CSCc1ccnc(NC2CCOCC2)c1. The van der Waals surface area contributed by atoms with Crippen molar-refractivity contribution < 1.29 is 4.74 Å². The molecular weight excluding hydrogens is 220 g/mol. The summed E-state index contributed by atoms with van der Waals surface area (Å²) in [6, 6.07) is 4.74. The lowest BCUT2D eigenvalue weighted by atomic mass is 10.1. The molecule has 1 fully saturated rings. The topological polar surface area (TPSA) is 34.2 Å². The van der Waals surface area contributed by atoms with E-state index in [-0.39, 0.29) is 0 Å². The maximum absolute atomic E-state index is 5.34. The Labute approximate surface area is 101 Å². The zero-order chi connectivity index (χ0) is 11.2. The minimum Gasteiger partial charge on any atom is -0.381 e. The van der Waals surface area contributed by atoms with Gasteiger partial charge >= 0.3 is 0 Å². The van der Waals surface area contributed by atoms with Gasteiger partial charge in [-0.05, 0) is 36.8 Å². The van der Waals surface area contributed by atoms with Crippen LogP contribution in [0.2, 0.25) is 0 Å². The van der Waals surface area contributed by atoms with Crippen LogP contribution < -0.4 is 5.32 Å². The average Bonchev–Trinajstić information content (AvgIpc) is 2.31. The molecule has 0 aromatic carbocycles. The summed E-state index contributed by atoms with van der Waals surface area (Å²) in [7, 11) is 0. The first kappa shape index (κ1) is 11.7. The monoisotopic (exact) mass is 238 g/mol. The van der Waals surface area contributed by atoms with Gasteiger partial charge in [0.05, 0.1) is 0 Å². The minimum absolute atomic E-state index is 0.519. The number of thioether (sulfide) groups is 1. The van der Waals surface area contributed by atoms with Gasteiger partial charge in [0.25, 0.3) is 0 Å². The van der Waals surface area contributed by atoms with Gasteiger partial charge in [-0.3, -0.25) is 0 Å². The van der Waals surface area contributed by atoms with Gasteiger partial charge in [0, 0.05) is 31.2 Å². The van der Waals surface area contributed by atoms with E-state index in [1.54, 1.807) is 0 Å². The Morgan fingerprint density at radius 3 is 3.06 bits per heavy atom. The summed E-state index contributed by atoms with van der Waals surface area (Å²) < 4.78 is 5.34. The first-order chi connectivity index (χ1) is 7.88. The normalized spacial score (nSPS) is 17.3. The molecule has 2 rings (SSSR count). The molecule has 0 saturated carbocycles. The van der Waals surface area contributed by atoms with Gasteiger partial charge < -0.3 is 10.1 Å². The van der Waals surface area contributed by atoms with Crippen molar-refractivity contribution in [3.05, 3.63) is 23.9 Å². The van der Waals surface area contributed by atoms with E-state index in [1.165, 1.54) is 5.56 Å². The number of aromatic nitrogens is 1. The zero-order valence-corrected chi connectivity index (χ0v) is 10.4. The maximum Gasteiger partial charge on any atom is 0.126 e. The molecule has 2 heterocycles. The van der Waals surface area contributed by atoms with Crippen LogP contribution in [0.25, 0.3) is 0 Å². The Bertz CT molecular complexity index is 327. The second-order valence-corrected chi connectivity index (χ2v) is 4.88. The molecule has 4 heteroatoms. The van der Waals surface area contributed by atoms with E-state index in [4.69, 9.17) is 4.74 Å². The quantitative estimate of drug-likeness (QED) is 0.874. The Kier molecular flexibility index (Phi) is 4.48. The smallest absolute Gasteiger partial charge is 0.126 e. The predicted octanol–water partition coefficient (Wildman–Crippen LogP) is 2.54. The molecule has 0 bridgehead atoms. The van der Waals surface area contributed by atoms with Gasteiger partial charge in [-0.2, -0.15) is 11.8 Å². The number of hydrogen-bond acceptors (Lipinski definition) is 4. The van der Waals surface area contributed by atoms with E-state index in [0.29, 0.717) is 6.04 Å². The Balaban J connectivity index is 1.94. The van der Waals surface area contributed by atoms with Crippen molar-refractivity contribution in [3.8, 4) is 0 Å². The molecular formula is C12H18N2OS. The first-order valence-electron chi connectivity index (χ1n) is 5.66. The molecule has 0 aliphatic carbocycles. The largest absolute Gasteiger partial charge is 0.381 e. The lowest BCUT2D eigenvalue weighted by Gasteiger charge is -2.23. The number of ether oxygens (including phenoxy) is 1. The summed E-state index contributed by atoms with van der Waals surface area (Å²) in [5, 5.41) is 3.48. The molecule has 1 aromatic heterocycles. The lowest BCUT2D eigenvalue weighted by molar-refractivity contribution is 0.0904.